The standard InChI is InChI=1S/C18H23N5O2/c1-3-21-13-22(12-17(21)24)18(25)20-14(2)16-9-19-23(11-16)10-15-7-5-4-6-8-15/h4-9,11,14H,3,10,12-13H2,1-2H3,(H,20,25)/t14-/m1/s1. The lowest BCUT2D eigenvalue weighted by atomic mass is 10.2. The Hall–Kier alpha value is -2.83. The van der Waals surface area contributed by atoms with Gasteiger partial charge in [0.2, 0.25) is 5.91 Å². The maximum atomic E-state index is 12.3. The maximum Gasteiger partial charge on any atom is 0.319 e. The van der Waals surface area contributed by atoms with Gasteiger partial charge in [0.05, 0.1) is 25.5 Å². The normalized spacial score (nSPS) is 15.5. The van der Waals surface area contributed by atoms with E-state index >= 15 is 0 Å². The lowest BCUT2D eigenvalue weighted by Gasteiger charge is -2.20. The summed E-state index contributed by atoms with van der Waals surface area (Å²) in [5, 5.41) is 7.30. The molecule has 0 aliphatic carbocycles. The van der Waals surface area contributed by atoms with Crippen LogP contribution in [0.2, 0.25) is 0 Å². The zero-order valence-electron chi connectivity index (χ0n) is 14.6. The molecule has 2 aromatic rings. The highest BCUT2D eigenvalue weighted by molar-refractivity contribution is 5.87. The van der Waals surface area contributed by atoms with Crippen molar-refractivity contribution in [2.45, 2.75) is 26.4 Å². The molecule has 1 atom stereocenters. The first-order valence-corrected chi connectivity index (χ1v) is 8.46. The number of urea groups is 1. The average Bonchev–Trinajstić information content (AvgIpc) is 3.22. The molecule has 1 fully saturated rings. The van der Waals surface area contributed by atoms with Crippen molar-refractivity contribution in [3.63, 3.8) is 0 Å². The number of carbonyl (C=O) groups excluding carboxylic acids is 2. The van der Waals surface area contributed by atoms with Crippen molar-refractivity contribution >= 4 is 11.9 Å². The molecule has 1 aromatic heterocycles. The Morgan fingerprint density at radius 1 is 1.32 bits per heavy atom. The molecule has 3 rings (SSSR count). The van der Waals surface area contributed by atoms with Crippen molar-refractivity contribution in [2.24, 2.45) is 0 Å². The molecule has 25 heavy (non-hydrogen) atoms. The van der Waals surface area contributed by atoms with Gasteiger partial charge in [0.25, 0.3) is 0 Å². The fourth-order valence-electron chi connectivity index (χ4n) is 2.83. The van der Waals surface area contributed by atoms with Crippen LogP contribution in [0.1, 0.15) is 31.0 Å². The minimum absolute atomic E-state index is 0.0130. The highest BCUT2D eigenvalue weighted by Gasteiger charge is 2.30. The number of hydrogen-bond acceptors (Lipinski definition) is 3. The molecule has 2 heterocycles. The molecule has 1 aliphatic heterocycles. The fraction of sp³-hybridized carbons (Fsp3) is 0.389. The van der Waals surface area contributed by atoms with Crippen molar-refractivity contribution in [1.29, 1.82) is 0 Å². The highest BCUT2D eigenvalue weighted by Crippen LogP contribution is 2.14. The summed E-state index contributed by atoms with van der Waals surface area (Å²) in [6.45, 7) is 5.61. The van der Waals surface area contributed by atoms with Gasteiger partial charge in [0.15, 0.2) is 0 Å². The van der Waals surface area contributed by atoms with Crippen LogP contribution in [0.15, 0.2) is 42.7 Å². The van der Waals surface area contributed by atoms with Gasteiger partial charge in [-0.25, -0.2) is 4.79 Å². The molecular weight excluding hydrogens is 318 g/mol. The van der Waals surface area contributed by atoms with E-state index in [1.54, 1.807) is 11.1 Å². The van der Waals surface area contributed by atoms with Crippen LogP contribution < -0.4 is 5.32 Å². The summed E-state index contributed by atoms with van der Waals surface area (Å²) in [6.07, 6.45) is 3.70. The summed E-state index contributed by atoms with van der Waals surface area (Å²) in [5.74, 6) is -0.0130. The first-order valence-electron chi connectivity index (χ1n) is 8.46. The van der Waals surface area contributed by atoms with Gasteiger partial charge in [-0.1, -0.05) is 30.3 Å². The zero-order valence-corrected chi connectivity index (χ0v) is 14.6. The number of carbonyl (C=O) groups is 2. The highest BCUT2D eigenvalue weighted by atomic mass is 16.2. The molecule has 0 unspecified atom stereocenters. The number of rotatable bonds is 5. The van der Waals surface area contributed by atoms with E-state index in [0.29, 0.717) is 19.8 Å². The summed E-state index contributed by atoms with van der Waals surface area (Å²) in [6, 6.07) is 9.68. The van der Waals surface area contributed by atoms with Crippen molar-refractivity contribution < 1.29 is 9.59 Å². The third kappa shape index (κ3) is 3.99. The number of hydrogen-bond donors (Lipinski definition) is 1. The Kier molecular flexibility index (Phi) is 5.02. The van der Waals surface area contributed by atoms with Crippen LogP contribution in [0.4, 0.5) is 4.79 Å². The van der Waals surface area contributed by atoms with E-state index in [2.05, 4.69) is 22.5 Å². The number of benzene rings is 1. The fourth-order valence-corrected chi connectivity index (χ4v) is 2.83. The van der Waals surface area contributed by atoms with Gasteiger partial charge in [-0.3, -0.25) is 14.4 Å². The molecule has 1 saturated heterocycles. The molecule has 0 bridgehead atoms. The maximum absolute atomic E-state index is 12.3. The predicted octanol–water partition coefficient (Wildman–Crippen LogP) is 1.82. The number of nitrogens with one attached hydrogen (secondary N) is 1. The topological polar surface area (TPSA) is 70.5 Å². The Morgan fingerprint density at radius 3 is 2.76 bits per heavy atom. The van der Waals surface area contributed by atoms with Crippen LogP contribution in [0.3, 0.4) is 0 Å². The molecule has 1 aromatic carbocycles. The van der Waals surface area contributed by atoms with Crippen LogP contribution in [-0.2, 0) is 11.3 Å². The predicted molar refractivity (Wildman–Crippen MR) is 93.7 cm³/mol. The molecule has 132 valence electrons. The summed E-state index contributed by atoms with van der Waals surface area (Å²) in [4.78, 5) is 27.3. The summed E-state index contributed by atoms with van der Waals surface area (Å²) in [7, 11) is 0. The van der Waals surface area contributed by atoms with Crippen LogP contribution >= 0.6 is 0 Å². The smallest absolute Gasteiger partial charge is 0.319 e. The Bertz CT molecular complexity index is 743. The minimum Gasteiger partial charge on any atom is -0.331 e. The first-order chi connectivity index (χ1) is 12.1. The molecule has 0 spiro atoms. The Labute approximate surface area is 147 Å². The van der Waals surface area contributed by atoms with Gasteiger partial charge in [-0.2, -0.15) is 5.10 Å². The molecule has 7 heteroatoms. The van der Waals surface area contributed by atoms with Gasteiger partial charge in [-0.15, -0.1) is 0 Å². The quantitative estimate of drug-likeness (QED) is 0.902. The van der Waals surface area contributed by atoms with E-state index in [-0.39, 0.29) is 24.5 Å². The summed E-state index contributed by atoms with van der Waals surface area (Å²) in [5.41, 5.74) is 2.10. The monoisotopic (exact) mass is 341 g/mol. The first kappa shape index (κ1) is 17.0. The SMILES string of the molecule is CCN1CN(C(=O)N[C@H](C)c2cnn(Cc3ccccc3)c2)CC1=O. The van der Waals surface area contributed by atoms with E-state index in [4.69, 9.17) is 0 Å². The van der Waals surface area contributed by atoms with Gasteiger partial charge in [0.1, 0.15) is 6.54 Å². The zero-order chi connectivity index (χ0) is 17.8. The van der Waals surface area contributed by atoms with Gasteiger partial charge in [0, 0.05) is 18.3 Å². The lowest BCUT2D eigenvalue weighted by molar-refractivity contribution is -0.126. The number of likely N-dealkylation sites (N-methyl/N-ethyl adjacent to an activating group) is 1. The second-order valence-corrected chi connectivity index (χ2v) is 6.22. The van der Waals surface area contributed by atoms with Crippen LogP contribution in [0, 0.1) is 0 Å². The molecule has 1 N–H and O–H groups in total. The third-order valence-corrected chi connectivity index (χ3v) is 4.37. The average molecular weight is 341 g/mol. The van der Waals surface area contributed by atoms with E-state index in [9.17, 15) is 9.59 Å². The molecule has 1 aliphatic rings. The second kappa shape index (κ2) is 7.38. The third-order valence-electron chi connectivity index (χ3n) is 4.37. The molecule has 3 amide bonds. The van der Waals surface area contributed by atoms with E-state index in [1.165, 1.54) is 10.5 Å². The van der Waals surface area contributed by atoms with Crippen LogP contribution in [0.5, 0.6) is 0 Å². The minimum atomic E-state index is -0.229. The van der Waals surface area contributed by atoms with Crippen molar-refractivity contribution in [1.82, 2.24) is 24.9 Å². The Balaban J connectivity index is 1.57. The van der Waals surface area contributed by atoms with Crippen LogP contribution in [-0.4, -0.2) is 51.3 Å². The summed E-state index contributed by atoms with van der Waals surface area (Å²) < 4.78 is 1.85. The van der Waals surface area contributed by atoms with E-state index in [1.807, 2.05) is 42.9 Å². The molecule has 0 radical (unpaired) electrons. The largest absolute Gasteiger partial charge is 0.331 e. The lowest BCUT2D eigenvalue weighted by Crippen LogP contribution is -2.40. The molecule has 7 nitrogen and oxygen atoms in total. The number of nitrogens with zero attached hydrogens (tertiary/aromatic N) is 4. The van der Waals surface area contributed by atoms with Gasteiger partial charge < -0.3 is 10.2 Å². The van der Waals surface area contributed by atoms with Crippen molar-refractivity contribution in [2.75, 3.05) is 19.8 Å². The van der Waals surface area contributed by atoms with Crippen molar-refractivity contribution in [3.05, 3.63) is 53.9 Å². The van der Waals surface area contributed by atoms with Gasteiger partial charge >= 0.3 is 6.03 Å². The number of amides is 3. The van der Waals surface area contributed by atoms with Gasteiger partial charge in [-0.05, 0) is 19.4 Å². The molecule has 0 saturated carbocycles. The second-order valence-electron chi connectivity index (χ2n) is 6.22. The summed E-state index contributed by atoms with van der Waals surface area (Å²) >= 11 is 0. The molecular formula is C18H23N5O2. The van der Waals surface area contributed by atoms with E-state index < -0.39 is 0 Å². The number of aromatic nitrogens is 2. The van der Waals surface area contributed by atoms with Crippen molar-refractivity contribution in [3.8, 4) is 0 Å². The Morgan fingerprint density at radius 2 is 2.08 bits per heavy atom. The van der Waals surface area contributed by atoms with Crippen LogP contribution in [0.25, 0.3) is 0 Å². The van der Waals surface area contributed by atoms with E-state index in [0.717, 1.165) is 5.56 Å².